The standard InChI is InChI=1S/C26H29N3O3/c1-25(2)13-32-20-11-16(24(30)31)9-17-21(20)26(25,28)22(23(17)27)19-10-15-5-3-4-6-18(15)29(19)12-14-7-8-14/h3-6,9-11,14,22-23H,7-8,12-13,27-28H2,1-2H3,(H,30,31). The minimum Gasteiger partial charge on any atom is -0.493 e. The summed E-state index contributed by atoms with van der Waals surface area (Å²) in [5.41, 5.74) is 17.4. The average Bonchev–Trinajstić information content (AvgIpc) is 3.46. The summed E-state index contributed by atoms with van der Waals surface area (Å²) < 4.78 is 8.49. The number of carboxylic acids is 1. The first-order valence-electron chi connectivity index (χ1n) is 11.4. The van der Waals surface area contributed by atoms with E-state index in [1.807, 2.05) is 0 Å². The molecule has 0 bridgehead atoms. The second kappa shape index (κ2) is 6.36. The summed E-state index contributed by atoms with van der Waals surface area (Å²) in [4.78, 5) is 11.8. The minimum absolute atomic E-state index is 0.189. The molecule has 166 valence electrons. The lowest BCUT2D eigenvalue weighted by Crippen LogP contribution is -2.57. The summed E-state index contributed by atoms with van der Waals surface area (Å²) in [6.45, 7) is 5.63. The zero-order valence-corrected chi connectivity index (χ0v) is 18.5. The minimum atomic E-state index is -0.987. The van der Waals surface area contributed by atoms with Crippen LogP contribution >= 0.6 is 0 Å². The van der Waals surface area contributed by atoms with Crippen LogP contribution in [0.15, 0.2) is 42.5 Å². The number of hydrogen-bond donors (Lipinski definition) is 3. The van der Waals surface area contributed by atoms with E-state index in [4.69, 9.17) is 16.2 Å². The van der Waals surface area contributed by atoms with Crippen LogP contribution in [0.5, 0.6) is 5.75 Å². The number of aromatic carboxylic acids is 1. The Hall–Kier alpha value is -2.83. The predicted octanol–water partition coefficient (Wildman–Crippen LogP) is 4.12. The van der Waals surface area contributed by atoms with Crippen molar-refractivity contribution in [2.75, 3.05) is 6.61 Å². The molecule has 1 saturated carbocycles. The molecule has 6 heteroatoms. The molecule has 3 aromatic rings. The van der Waals surface area contributed by atoms with Crippen LogP contribution in [0.25, 0.3) is 10.9 Å². The molecule has 0 radical (unpaired) electrons. The highest BCUT2D eigenvalue weighted by atomic mass is 16.5. The number of carbonyl (C=O) groups is 1. The van der Waals surface area contributed by atoms with Gasteiger partial charge in [0.15, 0.2) is 0 Å². The third-order valence-corrected chi connectivity index (χ3v) is 8.01. The van der Waals surface area contributed by atoms with Crippen molar-refractivity contribution in [3.8, 4) is 5.75 Å². The number of para-hydroxylation sites is 1. The zero-order chi connectivity index (χ0) is 22.4. The van der Waals surface area contributed by atoms with Gasteiger partial charge in [-0.3, -0.25) is 0 Å². The van der Waals surface area contributed by atoms with Gasteiger partial charge in [0, 0.05) is 40.7 Å². The summed E-state index contributed by atoms with van der Waals surface area (Å²) in [6.07, 6.45) is 2.50. The van der Waals surface area contributed by atoms with E-state index in [1.165, 1.54) is 23.7 Å². The van der Waals surface area contributed by atoms with Crippen LogP contribution in [-0.4, -0.2) is 22.2 Å². The molecule has 0 saturated heterocycles. The highest BCUT2D eigenvalue weighted by molar-refractivity contribution is 5.89. The Labute approximate surface area is 187 Å². The fraction of sp³-hybridized carbons (Fsp3) is 0.423. The van der Waals surface area contributed by atoms with E-state index in [0.29, 0.717) is 18.3 Å². The lowest BCUT2D eigenvalue weighted by atomic mass is 9.63. The maximum Gasteiger partial charge on any atom is 0.335 e. The zero-order valence-electron chi connectivity index (χ0n) is 18.5. The molecule has 2 aliphatic carbocycles. The number of benzene rings is 2. The van der Waals surface area contributed by atoms with E-state index in [-0.39, 0.29) is 16.9 Å². The van der Waals surface area contributed by atoms with Gasteiger partial charge in [0.05, 0.1) is 17.7 Å². The quantitative estimate of drug-likeness (QED) is 0.577. The molecule has 1 fully saturated rings. The molecule has 2 heterocycles. The van der Waals surface area contributed by atoms with Gasteiger partial charge in [-0.05, 0) is 54.0 Å². The van der Waals surface area contributed by atoms with E-state index >= 15 is 0 Å². The first-order valence-corrected chi connectivity index (χ1v) is 11.4. The molecule has 3 unspecified atom stereocenters. The van der Waals surface area contributed by atoms with Crippen LogP contribution < -0.4 is 16.2 Å². The number of carboxylic acid groups (broad SMARTS) is 1. The first-order chi connectivity index (χ1) is 15.2. The Balaban J connectivity index is 1.62. The van der Waals surface area contributed by atoms with E-state index in [9.17, 15) is 9.90 Å². The van der Waals surface area contributed by atoms with Gasteiger partial charge in [-0.1, -0.05) is 32.0 Å². The van der Waals surface area contributed by atoms with E-state index in [0.717, 1.165) is 23.4 Å². The van der Waals surface area contributed by atoms with Gasteiger partial charge in [-0.15, -0.1) is 0 Å². The van der Waals surface area contributed by atoms with Crippen LogP contribution in [0, 0.1) is 11.3 Å². The predicted molar refractivity (Wildman–Crippen MR) is 123 cm³/mol. The van der Waals surface area contributed by atoms with Crippen molar-refractivity contribution < 1.29 is 14.6 Å². The Morgan fingerprint density at radius 2 is 1.97 bits per heavy atom. The van der Waals surface area contributed by atoms with Crippen molar-refractivity contribution in [2.24, 2.45) is 22.8 Å². The highest BCUT2D eigenvalue weighted by Gasteiger charge is 2.61. The van der Waals surface area contributed by atoms with E-state index < -0.39 is 17.6 Å². The van der Waals surface area contributed by atoms with Crippen LogP contribution in [0.4, 0.5) is 0 Å². The Kier molecular flexibility index (Phi) is 3.94. The largest absolute Gasteiger partial charge is 0.493 e. The molecule has 6 rings (SSSR count). The van der Waals surface area contributed by atoms with Crippen molar-refractivity contribution in [1.29, 1.82) is 0 Å². The van der Waals surface area contributed by atoms with Gasteiger partial charge in [-0.2, -0.15) is 0 Å². The smallest absolute Gasteiger partial charge is 0.335 e. The van der Waals surface area contributed by atoms with Crippen molar-refractivity contribution >= 4 is 16.9 Å². The molecule has 1 aliphatic heterocycles. The average molecular weight is 432 g/mol. The molecule has 5 N–H and O–H groups in total. The van der Waals surface area contributed by atoms with E-state index in [1.54, 1.807) is 12.1 Å². The summed E-state index contributed by atoms with van der Waals surface area (Å²) in [5, 5.41) is 10.9. The normalized spacial score (nSPS) is 27.9. The molecule has 0 amide bonds. The van der Waals surface area contributed by atoms with Crippen molar-refractivity contribution in [3.63, 3.8) is 0 Å². The van der Waals surface area contributed by atoms with Crippen molar-refractivity contribution in [2.45, 2.75) is 50.7 Å². The van der Waals surface area contributed by atoms with Gasteiger partial charge >= 0.3 is 5.97 Å². The van der Waals surface area contributed by atoms with Crippen LogP contribution in [0.2, 0.25) is 0 Å². The maximum absolute atomic E-state index is 11.8. The van der Waals surface area contributed by atoms with Gasteiger partial charge in [0.2, 0.25) is 0 Å². The number of fused-ring (bicyclic) bond motifs is 1. The molecule has 1 aromatic heterocycles. The molecular formula is C26H29N3O3. The second-order valence-electron chi connectivity index (χ2n) is 10.5. The topological polar surface area (TPSA) is 103 Å². The molecule has 3 atom stereocenters. The highest BCUT2D eigenvalue weighted by Crippen LogP contribution is 2.63. The lowest BCUT2D eigenvalue weighted by Gasteiger charge is -2.49. The molecule has 32 heavy (non-hydrogen) atoms. The third-order valence-electron chi connectivity index (χ3n) is 8.01. The third kappa shape index (κ3) is 2.51. The first kappa shape index (κ1) is 19.8. The number of aromatic nitrogens is 1. The fourth-order valence-electron chi connectivity index (χ4n) is 6.00. The summed E-state index contributed by atoms with van der Waals surface area (Å²) in [5.74, 6) is 0.0728. The van der Waals surface area contributed by atoms with Gasteiger partial charge < -0.3 is 25.9 Å². The second-order valence-corrected chi connectivity index (χ2v) is 10.5. The number of hydrogen-bond acceptors (Lipinski definition) is 4. The Morgan fingerprint density at radius 3 is 2.69 bits per heavy atom. The number of rotatable bonds is 4. The Morgan fingerprint density at radius 1 is 1.22 bits per heavy atom. The summed E-state index contributed by atoms with van der Waals surface area (Å²) >= 11 is 0. The van der Waals surface area contributed by atoms with E-state index in [2.05, 4.69) is 48.7 Å². The molecular weight excluding hydrogens is 402 g/mol. The number of nitrogens with zero attached hydrogens (tertiary/aromatic N) is 1. The fourth-order valence-corrected chi connectivity index (χ4v) is 6.00. The molecule has 2 aromatic carbocycles. The lowest BCUT2D eigenvalue weighted by molar-refractivity contribution is 0.0397. The van der Waals surface area contributed by atoms with Crippen LogP contribution in [0.3, 0.4) is 0 Å². The van der Waals surface area contributed by atoms with Crippen molar-refractivity contribution in [1.82, 2.24) is 4.57 Å². The SMILES string of the molecule is CC1(C)COc2cc(C(=O)O)cc3c2C1(N)C(c1cc2ccccc2n1CC1CC1)C3N. The summed E-state index contributed by atoms with van der Waals surface area (Å²) in [6, 6.07) is 13.6. The van der Waals surface area contributed by atoms with Gasteiger partial charge in [-0.25, -0.2) is 4.79 Å². The molecule has 6 nitrogen and oxygen atoms in total. The molecule has 3 aliphatic rings. The monoisotopic (exact) mass is 431 g/mol. The number of ether oxygens (including phenoxy) is 1. The van der Waals surface area contributed by atoms with Crippen LogP contribution in [-0.2, 0) is 12.1 Å². The number of nitrogens with two attached hydrogens (primary N) is 2. The van der Waals surface area contributed by atoms with Crippen LogP contribution in [0.1, 0.15) is 65.8 Å². The molecule has 0 spiro atoms. The Bertz CT molecular complexity index is 1270. The van der Waals surface area contributed by atoms with Crippen molar-refractivity contribution in [3.05, 3.63) is 64.8 Å². The summed E-state index contributed by atoms with van der Waals surface area (Å²) in [7, 11) is 0. The van der Waals surface area contributed by atoms with Gasteiger partial charge in [0.25, 0.3) is 0 Å². The van der Waals surface area contributed by atoms with Gasteiger partial charge in [0.1, 0.15) is 5.75 Å². The maximum atomic E-state index is 11.8.